The Balaban J connectivity index is 2.76. The first-order chi connectivity index (χ1) is 11.6. The standard InChI is InChI=1S/C18H20O6/c1-20-14-7-6-11(8-15(14)21-2)12-9-16(22-3)18(24-5)17(23-4)13(12)10-19/h6-10H,1-5H3. The summed E-state index contributed by atoms with van der Waals surface area (Å²) >= 11 is 0. The van der Waals surface area contributed by atoms with Gasteiger partial charge in [0, 0.05) is 5.56 Å². The fraction of sp³-hybridized carbons (Fsp3) is 0.278. The Hall–Kier alpha value is -2.89. The Morgan fingerprint density at radius 2 is 1.33 bits per heavy atom. The number of benzene rings is 2. The number of ether oxygens (including phenoxy) is 5. The Morgan fingerprint density at radius 3 is 1.83 bits per heavy atom. The normalized spacial score (nSPS) is 10.0. The predicted molar refractivity (Wildman–Crippen MR) is 90.0 cm³/mol. The third kappa shape index (κ3) is 2.95. The van der Waals surface area contributed by atoms with Crippen molar-refractivity contribution in [2.24, 2.45) is 0 Å². The first-order valence-corrected chi connectivity index (χ1v) is 7.15. The second kappa shape index (κ2) is 7.59. The van der Waals surface area contributed by atoms with E-state index >= 15 is 0 Å². The molecule has 0 radical (unpaired) electrons. The lowest BCUT2D eigenvalue weighted by Crippen LogP contribution is -2.01. The molecule has 0 spiro atoms. The first kappa shape index (κ1) is 17.5. The zero-order chi connectivity index (χ0) is 17.7. The fourth-order valence-corrected chi connectivity index (χ4v) is 2.54. The molecular weight excluding hydrogens is 312 g/mol. The second-order valence-electron chi connectivity index (χ2n) is 4.79. The van der Waals surface area contributed by atoms with E-state index in [1.807, 2.05) is 6.07 Å². The van der Waals surface area contributed by atoms with Gasteiger partial charge in [-0.2, -0.15) is 0 Å². The van der Waals surface area contributed by atoms with Crippen LogP contribution in [-0.4, -0.2) is 41.8 Å². The summed E-state index contributed by atoms with van der Waals surface area (Å²) in [6.45, 7) is 0. The molecule has 0 heterocycles. The molecule has 0 fully saturated rings. The molecule has 6 nitrogen and oxygen atoms in total. The molecule has 0 aliphatic heterocycles. The largest absolute Gasteiger partial charge is 0.493 e. The first-order valence-electron chi connectivity index (χ1n) is 7.15. The van der Waals surface area contributed by atoms with Crippen molar-refractivity contribution in [1.29, 1.82) is 0 Å². The zero-order valence-corrected chi connectivity index (χ0v) is 14.3. The van der Waals surface area contributed by atoms with E-state index < -0.39 is 0 Å². The van der Waals surface area contributed by atoms with E-state index in [0.717, 1.165) is 11.8 Å². The van der Waals surface area contributed by atoms with Gasteiger partial charge >= 0.3 is 0 Å². The van der Waals surface area contributed by atoms with Crippen molar-refractivity contribution in [2.45, 2.75) is 0 Å². The monoisotopic (exact) mass is 332 g/mol. The highest BCUT2D eigenvalue weighted by Crippen LogP contribution is 2.45. The third-order valence-corrected chi connectivity index (χ3v) is 3.68. The maximum Gasteiger partial charge on any atom is 0.204 e. The lowest BCUT2D eigenvalue weighted by molar-refractivity contribution is 0.112. The summed E-state index contributed by atoms with van der Waals surface area (Å²) in [6.07, 6.45) is 0.729. The van der Waals surface area contributed by atoms with Crippen molar-refractivity contribution in [2.75, 3.05) is 35.5 Å². The van der Waals surface area contributed by atoms with Gasteiger partial charge in [-0.3, -0.25) is 4.79 Å². The number of hydrogen-bond donors (Lipinski definition) is 0. The van der Waals surface area contributed by atoms with Crippen LogP contribution in [0.4, 0.5) is 0 Å². The molecule has 0 N–H and O–H groups in total. The molecule has 0 aliphatic carbocycles. The lowest BCUT2D eigenvalue weighted by Gasteiger charge is -2.18. The molecule has 6 heteroatoms. The lowest BCUT2D eigenvalue weighted by atomic mass is 9.98. The quantitative estimate of drug-likeness (QED) is 0.726. The van der Waals surface area contributed by atoms with Gasteiger partial charge in [0.25, 0.3) is 0 Å². The van der Waals surface area contributed by atoms with Gasteiger partial charge in [-0.05, 0) is 23.8 Å². The van der Waals surface area contributed by atoms with Crippen LogP contribution in [0.3, 0.4) is 0 Å². The molecule has 2 rings (SSSR count). The Bertz CT molecular complexity index is 739. The zero-order valence-electron chi connectivity index (χ0n) is 14.3. The molecule has 0 amide bonds. The number of rotatable bonds is 7. The highest BCUT2D eigenvalue weighted by Gasteiger charge is 2.21. The summed E-state index contributed by atoms with van der Waals surface area (Å²) < 4.78 is 26.6. The minimum atomic E-state index is 0.316. The van der Waals surface area contributed by atoms with Gasteiger partial charge in [0.1, 0.15) is 0 Å². The van der Waals surface area contributed by atoms with Crippen LogP contribution in [0.5, 0.6) is 28.7 Å². The van der Waals surface area contributed by atoms with Crippen LogP contribution in [0.2, 0.25) is 0 Å². The molecule has 0 saturated heterocycles. The third-order valence-electron chi connectivity index (χ3n) is 3.68. The topological polar surface area (TPSA) is 63.2 Å². The van der Waals surface area contributed by atoms with Gasteiger partial charge in [0.05, 0.1) is 41.1 Å². The summed E-state index contributed by atoms with van der Waals surface area (Å²) in [5, 5.41) is 0. The number of carbonyl (C=O) groups excluding carboxylic acids is 1. The number of methoxy groups -OCH3 is 5. The molecule has 0 atom stereocenters. The maximum absolute atomic E-state index is 11.7. The Morgan fingerprint density at radius 1 is 0.708 bits per heavy atom. The van der Waals surface area contributed by atoms with E-state index in [9.17, 15) is 4.79 Å². The number of carbonyl (C=O) groups is 1. The van der Waals surface area contributed by atoms with Crippen LogP contribution < -0.4 is 23.7 Å². The molecule has 0 saturated carbocycles. The minimum absolute atomic E-state index is 0.316. The summed E-state index contributed by atoms with van der Waals surface area (Å²) in [5.74, 6) is 2.30. The summed E-state index contributed by atoms with van der Waals surface area (Å²) in [5.41, 5.74) is 1.76. The molecular formula is C18H20O6. The smallest absolute Gasteiger partial charge is 0.204 e. The molecule has 0 unspecified atom stereocenters. The average molecular weight is 332 g/mol. The number of hydrogen-bond acceptors (Lipinski definition) is 6. The van der Waals surface area contributed by atoms with Gasteiger partial charge in [0.15, 0.2) is 29.3 Å². The second-order valence-corrected chi connectivity index (χ2v) is 4.79. The van der Waals surface area contributed by atoms with Gasteiger partial charge in [0.2, 0.25) is 5.75 Å². The number of aldehydes is 1. The van der Waals surface area contributed by atoms with E-state index in [4.69, 9.17) is 23.7 Å². The van der Waals surface area contributed by atoms with Crippen LogP contribution in [0.1, 0.15) is 10.4 Å². The summed E-state index contributed by atoms with van der Waals surface area (Å²) in [4.78, 5) is 11.7. The molecule has 0 aliphatic rings. The average Bonchev–Trinajstić information content (AvgIpc) is 2.65. The molecule has 0 bridgehead atoms. The highest BCUT2D eigenvalue weighted by molar-refractivity contribution is 5.94. The van der Waals surface area contributed by atoms with E-state index in [1.54, 1.807) is 32.4 Å². The predicted octanol–water partition coefficient (Wildman–Crippen LogP) is 3.21. The van der Waals surface area contributed by atoms with Gasteiger partial charge in [-0.25, -0.2) is 0 Å². The van der Waals surface area contributed by atoms with Crippen molar-refractivity contribution in [3.8, 4) is 39.9 Å². The summed E-state index contributed by atoms with van der Waals surface area (Å²) in [7, 11) is 7.61. The highest BCUT2D eigenvalue weighted by atomic mass is 16.5. The van der Waals surface area contributed by atoms with Gasteiger partial charge in [-0.15, -0.1) is 0 Å². The Kier molecular flexibility index (Phi) is 5.52. The van der Waals surface area contributed by atoms with E-state index in [-0.39, 0.29) is 0 Å². The van der Waals surface area contributed by atoms with Gasteiger partial charge < -0.3 is 23.7 Å². The van der Waals surface area contributed by atoms with Crippen LogP contribution in [0.25, 0.3) is 11.1 Å². The van der Waals surface area contributed by atoms with Crippen LogP contribution in [0, 0.1) is 0 Å². The minimum Gasteiger partial charge on any atom is -0.493 e. The fourth-order valence-electron chi connectivity index (χ4n) is 2.54. The molecule has 2 aromatic rings. The van der Waals surface area contributed by atoms with E-state index in [2.05, 4.69) is 0 Å². The van der Waals surface area contributed by atoms with Crippen LogP contribution in [0.15, 0.2) is 24.3 Å². The van der Waals surface area contributed by atoms with Crippen molar-refractivity contribution in [3.05, 3.63) is 29.8 Å². The molecule has 0 aromatic heterocycles. The van der Waals surface area contributed by atoms with Crippen molar-refractivity contribution < 1.29 is 28.5 Å². The SMILES string of the molecule is COc1ccc(-c2cc(OC)c(OC)c(OC)c2C=O)cc1OC. The molecule has 24 heavy (non-hydrogen) atoms. The van der Waals surface area contributed by atoms with Crippen LogP contribution >= 0.6 is 0 Å². The van der Waals surface area contributed by atoms with Crippen LogP contribution in [-0.2, 0) is 0 Å². The van der Waals surface area contributed by atoms with Crippen molar-refractivity contribution >= 4 is 6.29 Å². The van der Waals surface area contributed by atoms with Gasteiger partial charge in [-0.1, -0.05) is 6.07 Å². The van der Waals surface area contributed by atoms with E-state index in [0.29, 0.717) is 39.9 Å². The maximum atomic E-state index is 11.7. The molecule has 128 valence electrons. The Labute approximate surface area is 140 Å². The molecule has 2 aromatic carbocycles. The van der Waals surface area contributed by atoms with Crippen molar-refractivity contribution in [1.82, 2.24) is 0 Å². The van der Waals surface area contributed by atoms with E-state index in [1.165, 1.54) is 21.3 Å². The van der Waals surface area contributed by atoms with Crippen molar-refractivity contribution in [3.63, 3.8) is 0 Å². The summed E-state index contributed by atoms with van der Waals surface area (Å²) in [6, 6.07) is 7.11.